The highest BCUT2D eigenvalue weighted by atomic mass is 32.2. The summed E-state index contributed by atoms with van der Waals surface area (Å²) < 4.78 is 28.3. The average molecular weight is 306 g/mol. The lowest BCUT2D eigenvalue weighted by molar-refractivity contribution is 0.0960. The largest absolute Gasteiger partial charge is 0.457 e. The van der Waals surface area contributed by atoms with Crippen molar-refractivity contribution in [1.82, 2.24) is 5.32 Å². The van der Waals surface area contributed by atoms with Crippen LogP contribution in [0.4, 0.5) is 0 Å². The second-order valence-corrected chi connectivity index (χ2v) is 5.76. The lowest BCUT2D eigenvalue weighted by Crippen LogP contribution is -2.20. The maximum Gasteiger partial charge on any atom is 0.254 e. The van der Waals surface area contributed by atoms with Gasteiger partial charge in [0.05, 0.1) is 10.5 Å². The normalized spacial score (nSPS) is 11.0. The lowest BCUT2D eigenvalue weighted by atomic mass is 10.2. The fraction of sp³-hybridized carbons (Fsp3) is 0.0714. The highest BCUT2D eigenvalue weighted by Crippen LogP contribution is 2.27. The van der Waals surface area contributed by atoms with E-state index in [-0.39, 0.29) is 16.2 Å². The third kappa shape index (κ3) is 3.59. The Hall–Kier alpha value is -2.38. The summed E-state index contributed by atoms with van der Waals surface area (Å²) in [6, 6.07) is 12.7. The van der Waals surface area contributed by atoms with Crippen LogP contribution in [0, 0.1) is 0 Å². The topological polar surface area (TPSA) is 98.5 Å². The summed E-state index contributed by atoms with van der Waals surface area (Å²) in [5.41, 5.74) is 0.0906. The van der Waals surface area contributed by atoms with Crippen LogP contribution in [0.25, 0.3) is 0 Å². The van der Waals surface area contributed by atoms with Crippen LogP contribution in [0.3, 0.4) is 0 Å². The third-order valence-corrected chi connectivity index (χ3v) is 3.63. The van der Waals surface area contributed by atoms with Gasteiger partial charge in [-0.1, -0.05) is 18.2 Å². The van der Waals surface area contributed by atoms with Crippen molar-refractivity contribution in [2.24, 2.45) is 5.14 Å². The molecule has 3 N–H and O–H groups in total. The first-order valence-electron chi connectivity index (χ1n) is 6.03. The standard InChI is InChI=1S/C14H14N2O4S/c1-16-14(17)12-9-11(21(15,18)19)7-8-13(12)20-10-5-3-2-4-6-10/h2-9H,1H3,(H,16,17)(H2,15,18,19). The Balaban J connectivity index is 2.48. The van der Waals surface area contributed by atoms with Crippen LogP contribution in [0.5, 0.6) is 11.5 Å². The van der Waals surface area contributed by atoms with Crippen molar-refractivity contribution >= 4 is 15.9 Å². The van der Waals surface area contributed by atoms with Gasteiger partial charge in [0.15, 0.2) is 0 Å². The zero-order valence-corrected chi connectivity index (χ0v) is 12.1. The monoisotopic (exact) mass is 306 g/mol. The highest BCUT2D eigenvalue weighted by Gasteiger charge is 2.17. The number of para-hydroxylation sites is 1. The minimum absolute atomic E-state index is 0.0906. The van der Waals surface area contributed by atoms with Crippen molar-refractivity contribution in [1.29, 1.82) is 0 Å². The molecule has 0 bridgehead atoms. The Morgan fingerprint density at radius 2 is 1.81 bits per heavy atom. The molecule has 6 nitrogen and oxygen atoms in total. The van der Waals surface area contributed by atoms with Gasteiger partial charge in [0.1, 0.15) is 11.5 Å². The van der Waals surface area contributed by atoms with E-state index in [0.29, 0.717) is 5.75 Å². The number of hydrogen-bond acceptors (Lipinski definition) is 4. The fourth-order valence-electron chi connectivity index (χ4n) is 1.70. The van der Waals surface area contributed by atoms with Crippen molar-refractivity contribution in [3.8, 4) is 11.5 Å². The van der Waals surface area contributed by atoms with Crippen molar-refractivity contribution in [3.05, 3.63) is 54.1 Å². The average Bonchev–Trinajstić information content (AvgIpc) is 2.47. The minimum atomic E-state index is -3.89. The molecule has 0 spiro atoms. The summed E-state index contributed by atoms with van der Waals surface area (Å²) in [6.07, 6.45) is 0. The molecule has 7 heteroatoms. The maximum atomic E-state index is 11.9. The summed E-state index contributed by atoms with van der Waals surface area (Å²) in [7, 11) is -2.45. The van der Waals surface area contributed by atoms with E-state index in [1.165, 1.54) is 25.2 Å². The van der Waals surface area contributed by atoms with E-state index >= 15 is 0 Å². The van der Waals surface area contributed by atoms with Crippen molar-refractivity contribution < 1.29 is 17.9 Å². The number of primary sulfonamides is 1. The molecule has 0 aromatic heterocycles. The van der Waals surface area contributed by atoms with Crippen LogP contribution >= 0.6 is 0 Å². The van der Waals surface area contributed by atoms with Gasteiger partial charge in [-0.2, -0.15) is 0 Å². The SMILES string of the molecule is CNC(=O)c1cc(S(N)(=O)=O)ccc1Oc1ccccc1. The summed E-state index contributed by atoms with van der Waals surface area (Å²) in [6.45, 7) is 0. The number of carbonyl (C=O) groups excluding carboxylic acids is 1. The number of hydrogen-bond donors (Lipinski definition) is 2. The predicted molar refractivity (Wildman–Crippen MR) is 77.7 cm³/mol. The van der Waals surface area contributed by atoms with Crippen molar-refractivity contribution in [3.63, 3.8) is 0 Å². The van der Waals surface area contributed by atoms with Crippen LogP contribution in [0.2, 0.25) is 0 Å². The number of benzene rings is 2. The molecule has 0 fully saturated rings. The number of ether oxygens (including phenoxy) is 1. The van der Waals surface area contributed by atoms with Crippen LogP contribution in [-0.4, -0.2) is 21.4 Å². The van der Waals surface area contributed by atoms with Gasteiger partial charge in [-0.15, -0.1) is 0 Å². The van der Waals surface area contributed by atoms with Crippen LogP contribution in [0.15, 0.2) is 53.4 Å². The van der Waals surface area contributed by atoms with Gasteiger partial charge in [0.2, 0.25) is 10.0 Å². The first-order chi connectivity index (χ1) is 9.91. The van der Waals surface area contributed by atoms with Gasteiger partial charge in [-0.25, -0.2) is 13.6 Å². The minimum Gasteiger partial charge on any atom is -0.457 e. The smallest absolute Gasteiger partial charge is 0.254 e. The van der Waals surface area contributed by atoms with Gasteiger partial charge in [0, 0.05) is 7.05 Å². The van der Waals surface area contributed by atoms with E-state index in [0.717, 1.165) is 0 Å². The van der Waals surface area contributed by atoms with Gasteiger partial charge in [-0.05, 0) is 30.3 Å². The predicted octanol–water partition coefficient (Wildman–Crippen LogP) is 1.49. The number of nitrogens with one attached hydrogen (secondary N) is 1. The molecule has 0 heterocycles. The van der Waals surface area contributed by atoms with E-state index in [1.54, 1.807) is 24.3 Å². The number of rotatable bonds is 4. The summed E-state index contributed by atoms with van der Waals surface area (Å²) in [5.74, 6) is 0.311. The Bertz CT molecular complexity index is 758. The van der Waals surface area contributed by atoms with Crippen LogP contribution in [0.1, 0.15) is 10.4 Å². The number of amides is 1. The zero-order valence-electron chi connectivity index (χ0n) is 11.2. The first-order valence-corrected chi connectivity index (χ1v) is 7.58. The van der Waals surface area contributed by atoms with Gasteiger partial charge >= 0.3 is 0 Å². The van der Waals surface area contributed by atoms with Crippen LogP contribution < -0.4 is 15.2 Å². The molecule has 2 rings (SSSR count). The van der Waals surface area contributed by atoms with E-state index in [1.807, 2.05) is 6.07 Å². The molecule has 2 aromatic rings. The van der Waals surface area contributed by atoms with Crippen molar-refractivity contribution in [2.75, 3.05) is 7.05 Å². The molecule has 0 radical (unpaired) electrons. The molecule has 0 aliphatic rings. The first kappa shape index (κ1) is 15.0. The zero-order chi connectivity index (χ0) is 15.5. The molecule has 0 saturated heterocycles. The summed E-state index contributed by atoms with van der Waals surface area (Å²) in [5, 5.41) is 7.50. The van der Waals surface area contributed by atoms with E-state index in [2.05, 4.69) is 5.32 Å². The van der Waals surface area contributed by atoms with E-state index < -0.39 is 15.9 Å². The maximum absolute atomic E-state index is 11.9. The van der Waals surface area contributed by atoms with Gasteiger partial charge < -0.3 is 10.1 Å². The molecule has 110 valence electrons. The Labute approximate surface area is 122 Å². The Morgan fingerprint density at radius 3 is 2.38 bits per heavy atom. The summed E-state index contributed by atoms with van der Waals surface area (Å²) >= 11 is 0. The number of sulfonamides is 1. The fourth-order valence-corrected chi connectivity index (χ4v) is 2.24. The second-order valence-electron chi connectivity index (χ2n) is 4.20. The molecule has 21 heavy (non-hydrogen) atoms. The molecular formula is C14H14N2O4S. The number of carbonyl (C=O) groups is 1. The number of nitrogens with two attached hydrogens (primary N) is 1. The quantitative estimate of drug-likeness (QED) is 0.894. The lowest BCUT2D eigenvalue weighted by Gasteiger charge is -2.11. The Morgan fingerprint density at radius 1 is 1.14 bits per heavy atom. The molecule has 0 saturated carbocycles. The molecular weight excluding hydrogens is 292 g/mol. The second kappa shape index (κ2) is 5.94. The molecule has 2 aromatic carbocycles. The molecule has 0 unspecified atom stereocenters. The van der Waals surface area contributed by atoms with E-state index in [4.69, 9.17) is 9.88 Å². The van der Waals surface area contributed by atoms with Gasteiger partial charge in [-0.3, -0.25) is 4.79 Å². The van der Waals surface area contributed by atoms with Gasteiger partial charge in [0.25, 0.3) is 5.91 Å². The molecule has 0 aliphatic carbocycles. The molecule has 0 atom stereocenters. The van der Waals surface area contributed by atoms with E-state index in [9.17, 15) is 13.2 Å². The summed E-state index contributed by atoms with van der Waals surface area (Å²) in [4.78, 5) is 11.7. The Kier molecular flexibility index (Phi) is 4.25. The molecule has 0 aliphatic heterocycles. The highest BCUT2D eigenvalue weighted by molar-refractivity contribution is 7.89. The third-order valence-electron chi connectivity index (χ3n) is 2.72. The van der Waals surface area contributed by atoms with Crippen molar-refractivity contribution in [2.45, 2.75) is 4.90 Å². The van der Waals surface area contributed by atoms with Crippen LogP contribution in [-0.2, 0) is 10.0 Å². The molecule has 1 amide bonds.